The number of primary amides is 1. The molecule has 2 aliphatic rings. The molecule has 0 bridgehead atoms. The number of nitrogens with one attached hydrogen (secondary N) is 1. The molecule has 1 saturated carbocycles. The summed E-state index contributed by atoms with van der Waals surface area (Å²) >= 11 is 0. The number of fused-ring (bicyclic) bond motifs is 1. The molecular formula is C22H30N4O2. The summed E-state index contributed by atoms with van der Waals surface area (Å²) in [6.07, 6.45) is 8.03. The predicted molar refractivity (Wildman–Crippen MR) is 111 cm³/mol. The molecule has 150 valence electrons. The molecule has 0 radical (unpaired) electrons. The van der Waals surface area contributed by atoms with Crippen molar-refractivity contribution in [1.82, 2.24) is 14.8 Å². The molecule has 1 aliphatic heterocycles. The van der Waals surface area contributed by atoms with Crippen LogP contribution < -0.4 is 11.2 Å². The SMILES string of the molecule is NC(=O)c1ccc2[nH]c(CN3CCCN(C4CCCCC4)CC3)cc(=O)c2c1. The fourth-order valence-corrected chi connectivity index (χ4v) is 4.74. The zero-order valence-electron chi connectivity index (χ0n) is 16.5. The maximum absolute atomic E-state index is 12.5. The molecule has 6 heteroatoms. The highest BCUT2D eigenvalue weighted by Gasteiger charge is 2.23. The molecule has 28 heavy (non-hydrogen) atoms. The van der Waals surface area contributed by atoms with Gasteiger partial charge in [-0.25, -0.2) is 0 Å². The van der Waals surface area contributed by atoms with Crippen molar-refractivity contribution in [2.45, 2.75) is 51.1 Å². The van der Waals surface area contributed by atoms with E-state index in [0.29, 0.717) is 10.9 Å². The van der Waals surface area contributed by atoms with E-state index in [1.807, 2.05) is 0 Å². The van der Waals surface area contributed by atoms with E-state index < -0.39 is 5.91 Å². The number of nitrogens with zero attached hydrogens (tertiary/aromatic N) is 2. The number of rotatable bonds is 4. The van der Waals surface area contributed by atoms with Crippen molar-refractivity contribution in [1.29, 1.82) is 0 Å². The number of aromatic nitrogens is 1. The molecule has 2 heterocycles. The fraction of sp³-hybridized carbons (Fsp3) is 0.545. The van der Waals surface area contributed by atoms with Gasteiger partial charge in [0, 0.05) is 53.9 Å². The van der Waals surface area contributed by atoms with Gasteiger partial charge in [-0.1, -0.05) is 19.3 Å². The van der Waals surface area contributed by atoms with Crippen LogP contribution in [0.15, 0.2) is 29.1 Å². The van der Waals surface area contributed by atoms with Gasteiger partial charge in [-0.15, -0.1) is 0 Å². The van der Waals surface area contributed by atoms with Crippen LogP contribution in [0.1, 0.15) is 54.6 Å². The van der Waals surface area contributed by atoms with Crippen molar-refractivity contribution < 1.29 is 4.79 Å². The van der Waals surface area contributed by atoms with Crippen LogP contribution in [0.5, 0.6) is 0 Å². The Labute approximate surface area is 165 Å². The molecule has 2 fully saturated rings. The minimum Gasteiger partial charge on any atom is -0.366 e. The number of benzene rings is 1. The highest BCUT2D eigenvalue weighted by Crippen LogP contribution is 2.23. The van der Waals surface area contributed by atoms with Crippen LogP contribution in [0.3, 0.4) is 0 Å². The summed E-state index contributed by atoms with van der Waals surface area (Å²) in [6, 6.07) is 7.45. The van der Waals surface area contributed by atoms with E-state index in [1.165, 1.54) is 45.1 Å². The Morgan fingerprint density at radius 1 is 1.04 bits per heavy atom. The van der Waals surface area contributed by atoms with Gasteiger partial charge < -0.3 is 10.7 Å². The lowest BCUT2D eigenvalue weighted by Crippen LogP contribution is -2.39. The number of aromatic amines is 1. The van der Waals surface area contributed by atoms with E-state index in [0.717, 1.165) is 43.4 Å². The monoisotopic (exact) mass is 382 g/mol. The topological polar surface area (TPSA) is 82.4 Å². The van der Waals surface area contributed by atoms with Crippen molar-refractivity contribution >= 4 is 16.8 Å². The molecule has 0 atom stereocenters. The van der Waals surface area contributed by atoms with Crippen LogP contribution in [-0.2, 0) is 6.54 Å². The maximum Gasteiger partial charge on any atom is 0.248 e. The van der Waals surface area contributed by atoms with E-state index >= 15 is 0 Å². The Morgan fingerprint density at radius 3 is 2.64 bits per heavy atom. The first kappa shape index (κ1) is 19.2. The first-order valence-corrected chi connectivity index (χ1v) is 10.5. The molecule has 1 aliphatic carbocycles. The molecular weight excluding hydrogens is 352 g/mol. The van der Waals surface area contributed by atoms with Gasteiger partial charge in [0.1, 0.15) is 0 Å². The Morgan fingerprint density at radius 2 is 1.86 bits per heavy atom. The van der Waals surface area contributed by atoms with Gasteiger partial charge >= 0.3 is 0 Å². The van der Waals surface area contributed by atoms with Crippen molar-refractivity contribution in [2.75, 3.05) is 26.2 Å². The molecule has 3 N–H and O–H groups in total. The van der Waals surface area contributed by atoms with E-state index in [1.54, 1.807) is 24.3 Å². The molecule has 1 aromatic heterocycles. The van der Waals surface area contributed by atoms with E-state index in [2.05, 4.69) is 14.8 Å². The Kier molecular flexibility index (Phi) is 5.78. The smallest absolute Gasteiger partial charge is 0.248 e. The zero-order chi connectivity index (χ0) is 19.5. The van der Waals surface area contributed by atoms with Crippen LogP contribution in [0.4, 0.5) is 0 Å². The number of hydrogen-bond acceptors (Lipinski definition) is 4. The average Bonchev–Trinajstić information content (AvgIpc) is 2.94. The number of H-pyrrole nitrogens is 1. The second-order valence-corrected chi connectivity index (χ2v) is 8.24. The largest absolute Gasteiger partial charge is 0.366 e. The van der Waals surface area contributed by atoms with E-state index in [-0.39, 0.29) is 5.43 Å². The minimum atomic E-state index is -0.516. The van der Waals surface area contributed by atoms with Crippen LogP contribution in [-0.4, -0.2) is 52.9 Å². The zero-order valence-corrected chi connectivity index (χ0v) is 16.5. The second-order valence-electron chi connectivity index (χ2n) is 8.24. The standard InChI is InChI=1S/C22H30N4O2/c23-22(28)16-7-8-20-19(13-16)21(27)14-17(24-20)15-25-9-4-10-26(12-11-25)18-5-2-1-3-6-18/h7-8,13-14,18H,1-6,9-12,15H2,(H2,23,28)(H,24,27). The van der Waals surface area contributed by atoms with Gasteiger partial charge in [0.2, 0.25) is 5.91 Å². The average molecular weight is 383 g/mol. The van der Waals surface area contributed by atoms with Gasteiger partial charge in [-0.2, -0.15) is 0 Å². The molecule has 2 aromatic rings. The lowest BCUT2D eigenvalue weighted by atomic mass is 9.94. The number of nitrogens with two attached hydrogens (primary N) is 1. The highest BCUT2D eigenvalue weighted by molar-refractivity contribution is 5.96. The summed E-state index contributed by atoms with van der Waals surface area (Å²) in [6.45, 7) is 5.15. The lowest BCUT2D eigenvalue weighted by molar-refractivity contribution is 0.100. The number of pyridine rings is 1. The summed E-state index contributed by atoms with van der Waals surface area (Å²) in [5.41, 5.74) is 7.31. The maximum atomic E-state index is 12.5. The second kappa shape index (κ2) is 8.45. The van der Waals surface area contributed by atoms with Gasteiger partial charge in [0.25, 0.3) is 0 Å². The summed E-state index contributed by atoms with van der Waals surface area (Å²) in [4.78, 5) is 32.4. The third kappa shape index (κ3) is 4.28. The van der Waals surface area contributed by atoms with Gasteiger partial charge in [-0.05, 0) is 50.6 Å². The molecule has 0 unspecified atom stereocenters. The molecule has 1 amide bonds. The summed E-state index contributed by atoms with van der Waals surface area (Å²) in [7, 11) is 0. The van der Waals surface area contributed by atoms with Crippen LogP contribution in [0.25, 0.3) is 10.9 Å². The summed E-state index contributed by atoms with van der Waals surface area (Å²) in [5, 5.41) is 0.513. The number of amides is 1. The quantitative estimate of drug-likeness (QED) is 0.851. The van der Waals surface area contributed by atoms with Crippen LogP contribution in [0.2, 0.25) is 0 Å². The molecule has 6 nitrogen and oxygen atoms in total. The first-order valence-electron chi connectivity index (χ1n) is 10.5. The normalized spacial score (nSPS) is 20.3. The Hall–Kier alpha value is -2.18. The molecule has 1 saturated heterocycles. The van der Waals surface area contributed by atoms with Crippen molar-refractivity contribution in [3.8, 4) is 0 Å². The molecule has 0 spiro atoms. The number of carbonyl (C=O) groups is 1. The number of carbonyl (C=O) groups excluding carboxylic acids is 1. The van der Waals surface area contributed by atoms with Crippen molar-refractivity contribution in [3.63, 3.8) is 0 Å². The Bertz CT molecular complexity index is 901. The van der Waals surface area contributed by atoms with Gasteiger partial charge in [0.15, 0.2) is 5.43 Å². The van der Waals surface area contributed by atoms with Crippen LogP contribution >= 0.6 is 0 Å². The third-order valence-corrected chi connectivity index (χ3v) is 6.28. The molecule has 4 rings (SSSR count). The van der Waals surface area contributed by atoms with Gasteiger partial charge in [-0.3, -0.25) is 19.4 Å². The third-order valence-electron chi connectivity index (χ3n) is 6.28. The lowest BCUT2D eigenvalue weighted by Gasteiger charge is -2.33. The van der Waals surface area contributed by atoms with Gasteiger partial charge in [0.05, 0.1) is 0 Å². The summed E-state index contributed by atoms with van der Waals surface area (Å²) in [5.74, 6) is -0.516. The fourth-order valence-electron chi connectivity index (χ4n) is 4.74. The van der Waals surface area contributed by atoms with E-state index in [4.69, 9.17) is 5.73 Å². The Balaban J connectivity index is 1.45. The highest BCUT2D eigenvalue weighted by atomic mass is 16.1. The van der Waals surface area contributed by atoms with E-state index in [9.17, 15) is 9.59 Å². The van der Waals surface area contributed by atoms with Crippen molar-refractivity contribution in [3.05, 3.63) is 45.7 Å². The summed E-state index contributed by atoms with van der Waals surface area (Å²) < 4.78 is 0. The minimum absolute atomic E-state index is 0.0643. The predicted octanol–water partition coefficient (Wildman–Crippen LogP) is 2.47. The molecule has 1 aromatic carbocycles. The number of hydrogen-bond donors (Lipinski definition) is 2. The van der Waals surface area contributed by atoms with Crippen LogP contribution in [0, 0.1) is 0 Å². The first-order chi connectivity index (χ1) is 13.6. The van der Waals surface area contributed by atoms with Crippen molar-refractivity contribution in [2.24, 2.45) is 5.73 Å².